The van der Waals surface area contributed by atoms with Crippen LogP contribution >= 0.6 is 0 Å². The molecule has 0 atom stereocenters. The van der Waals surface area contributed by atoms with Crippen LogP contribution in [0.3, 0.4) is 0 Å². The summed E-state index contributed by atoms with van der Waals surface area (Å²) in [6.45, 7) is 3.18. The van der Waals surface area contributed by atoms with E-state index in [0.717, 1.165) is 44.2 Å². The minimum atomic E-state index is 0.314. The molecule has 7 nitrogen and oxygen atoms in total. The van der Waals surface area contributed by atoms with Gasteiger partial charge in [0.15, 0.2) is 0 Å². The highest BCUT2D eigenvalue weighted by Crippen LogP contribution is 2.33. The lowest BCUT2D eigenvalue weighted by Gasteiger charge is -2.35. The molecule has 2 aromatic rings. The Hall–Kier alpha value is -2.44. The Labute approximate surface area is 135 Å². The zero-order chi connectivity index (χ0) is 15.6. The lowest BCUT2D eigenvalue weighted by Crippen LogP contribution is -2.49. The molecule has 0 unspecified atom stereocenters. The topological polar surface area (TPSA) is 67.2 Å². The lowest BCUT2D eigenvalue weighted by molar-refractivity contribution is -0.131. The molecule has 0 N–H and O–H groups in total. The summed E-state index contributed by atoms with van der Waals surface area (Å²) in [7, 11) is 0. The number of aromatic nitrogens is 4. The number of rotatable bonds is 4. The number of carbonyl (C=O) groups is 1. The largest absolute Gasteiger partial charge is 0.353 e. The van der Waals surface area contributed by atoms with Gasteiger partial charge >= 0.3 is 0 Å². The minimum Gasteiger partial charge on any atom is -0.353 e. The first-order valence-corrected chi connectivity index (χ1v) is 8.13. The number of imidazole rings is 1. The second kappa shape index (κ2) is 5.98. The highest BCUT2D eigenvalue weighted by atomic mass is 16.2. The first kappa shape index (κ1) is 14.2. The molecule has 120 valence electrons. The average molecular weight is 312 g/mol. The van der Waals surface area contributed by atoms with Gasteiger partial charge in [-0.15, -0.1) is 0 Å². The molecule has 3 heterocycles. The summed E-state index contributed by atoms with van der Waals surface area (Å²) in [6, 6.07) is 1.96. The Balaban J connectivity index is 1.40. The predicted octanol–water partition coefficient (Wildman–Crippen LogP) is 1.11. The van der Waals surface area contributed by atoms with E-state index in [1.165, 1.54) is 12.8 Å². The van der Waals surface area contributed by atoms with Gasteiger partial charge in [0.1, 0.15) is 24.3 Å². The van der Waals surface area contributed by atoms with Crippen molar-refractivity contribution in [2.24, 2.45) is 5.92 Å². The summed E-state index contributed by atoms with van der Waals surface area (Å²) in [5, 5.41) is 0. The van der Waals surface area contributed by atoms with Crippen LogP contribution in [-0.4, -0.2) is 56.5 Å². The van der Waals surface area contributed by atoms with Crippen LogP contribution in [0.25, 0.3) is 5.82 Å². The van der Waals surface area contributed by atoms with Crippen molar-refractivity contribution >= 4 is 11.7 Å². The monoisotopic (exact) mass is 312 g/mol. The van der Waals surface area contributed by atoms with Gasteiger partial charge in [-0.05, 0) is 18.8 Å². The number of hydrogen-bond donors (Lipinski definition) is 0. The number of hydrogen-bond acceptors (Lipinski definition) is 5. The molecule has 2 aromatic heterocycles. The maximum absolute atomic E-state index is 12.2. The van der Waals surface area contributed by atoms with Crippen LogP contribution in [0.4, 0.5) is 5.82 Å². The molecule has 1 aliphatic carbocycles. The van der Waals surface area contributed by atoms with E-state index >= 15 is 0 Å². The van der Waals surface area contributed by atoms with E-state index in [4.69, 9.17) is 0 Å². The van der Waals surface area contributed by atoms with Gasteiger partial charge in [-0.25, -0.2) is 15.0 Å². The zero-order valence-electron chi connectivity index (χ0n) is 13.0. The summed E-state index contributed by atoms with van der Waals surface area (Å²) in [5.74, 6) is 2.67. The number of carbonyl (C=O) groups excluding carboxylic acids is 1. The molecule has 1 aliphatic heterocycles. The van der Waals surface area contributed by atoms with Crippen LogP contribution in [-0.2, 0) is 4.79 Å². The molecular weight excluding hydrogens is 292 g/mol. The smallest absolute Gasteiger partial charge is 0.222 e. The van der Waals surface area contributed by atoms with Gasteiger partial charge in [-0.3, -0.25) is 9.36 Å². The van der Waals surface area contributed by atoms with Crippen molar-refractivity contribution in [3.63, 3.8) is 0 Å². The molecule has 2 fully saturated rings. The second-order valence-corrected chi connectivity index (χ2v) is 6.22. The van der Waals surface area contributed by atoms with Crippen LogP contribution in [0.2, 0.25) is 0 Å². The summed E-state index contributed by atoms with van der Waals surface area (Å²) < 4.78 is 1.86. The van der Waals surface area contributed by atoms with Crippen LogP contribution in [0.15, 0.2) is 31.1 Å². The van der Waals surface area contributed by atoms with Gasteiger partial charge in [0.05, 0.1) is 0 Å². The van der Waals surface area contributed by atoms with Crippen LogP contribution in [0.5, 0.6) is 0 Å². The Morgan fingerprint density at radius 3 is 2.61 bits per heavy atom. The van der Waals surface area contributed by atoms with Crippen LogP contribution < -0.4 is 4.90 Å². The number of nitrogens with zero attached hydrogens (tertiary/aromatic N) is 6. The predicted molar refractivity (Wildman–Crippen MR) is 85.3 cm³/mol. The standard InChI is InChI=1S/C16H20N6O/c23-16(9-13-1-2-13)21-7-5-20(6-8-21)14-10-15(19-11-18-14)22-4-3-17-12-22/h3-4,10-13H,1-2,5-9H2. The minimum absolute atomic E-state index is 0.314. The molecule has 0 radical (unpaired) electrons. The summed E-state index contributed by atoms with van der Waals surface area (Å²) in [4.78, 5) is 29.1. The van der Waals surface area contributed by atoms with Crippen molar-refractivity contribution in [2.75, 3.05) is 31.1 Å². The molecule has 2 aliphatic rings. The van der Waals surface area contributed by atoms with Crippen molar-refractivity contribution in [2.45, 2.75) is 19.3 Å². The molecular formula is C16H20N6O. The van der Waals surface area contributed by atoms with E-state index in [1.54, 1.807) is 18.9 Å². The van der Waals surface area contributed by atoms with E-state index in [9.17, 15) is 4.79 Å². The summed E-state index contributed by atoms with van der Waals surface area (Å²) >= 11 is 0. The van der Waals surface area contributed by atoms with Gasteiger partial charge in [0.25, 0.3) is 0 Å². The van der Waals surface area contributed by atoms with Crippen LogP contribution in [0, 0.1) is 5.92 Å². The summed E-state index contributed by atoms with van der Waals surface area (Å²) in [6.07, 6.45) is 10.1. The third-order valence-electron chi connectivity index (χ3n) is 4.52. The maximum Gasteiger partial charge on any atom is 0.222 e. The highest BCUT2D eigenvalue weighted by molar-refractivity contribution is 5.77. The van der Waals surface area contributed by atoms with E-state index < -0.39 is 0 Å². The molecule has 7 heteroatoms. The second-order valence-electron chi connectivity index (χ2n) is 6.22. The number of piperazine rings is 1. The van der Waals surface area contributed by atoms with Crippen molar-refractivity contribution in [1.82, 2.24) is 24.4 Å². The molecule has 1 amide bonds. The third kappa shape index (κ3) is 3.18. The van der Waals surface area contributed by atoms with Gasteiger partial charge in [-0.2, -0.15) is 0 Å². The van der Waals surface area contributed by atoms with Gasteiger partial charge < -0.3 is 9.80 Å². The zero-order valence-corrected chi connectivity index (χ0v) is 13.0. The Morgan fingerprint density at radius 1 is 1.13 bits per heavy atom. The van der Waals surface area contributed by atoms with E-state index in [-0.39, 0.29) is 0 Å². The van der Waals surface area contributed by atoms with Crippen molar-refractivity contribution in [3.8, 4) is 5.82 Å². The number of anilines is 1. The molecule has 4 rings (SSSR count). The maximum atomic E-state index is 12.2. The first-order chi connectivity index (χ1) is 11.3. The van der Waals surface area contributed by atoms with Gasteiger partial charge in [0.2, 0.25) is 5.91 Å². The molecule has 0 spiro atoms. The third-order valence-corrected chi connectivity index (χ3v) is 4.52. The van der Waals surface area contributed by atoms with E-state index in [0.29, 0.717) is 11.8 Å². The van der Waals surface area contributed by atoms with Crippen LogP contribution in [0.1, 0.15) is 19.3 Å². The fourth-order valence-corrected chi connectivity index (χ4v) is 2.93. The Kier molecular flexibility index (Phi) is 3.69. The number of amides is 1. The van der Waals surface area contributed by atoms with Gasteiger partial charge in [0, 0.05) is 51.1 Å². The molecule has 0 bridgehead atoms. The normalized spacial score (nSPS) is 18.3. The van der Waals surface area contributed by atoms with Crippen molar-refractivity contribution in [1.29, 1.82) is 0 Å². The quantitative estimate of drug-likeness (QED) is 0.846. The highest BCUT2D eigenvalue weighted by Gasteiger charge is 2.28. The first-order valence-electron chi connectivity index (χ1n) is 8.13. The van der Waals surface area contributed by atoms with Crippen molar-refractivity contribution < 1.29 is 4.79 Å². The van der Waals surface area contributed by atoms with E-state index in [2.05, 4.69) is 19.9 Å². The molecule has 23 heavy (non-hydrogen) atoms. The molecule has 1 saturated heterocycles. The van der Waals surface area contributed by atoms with E-state index in [1.807, 2.05) is 21.7 Å². The fourth-order valence-electron chi connectivity index (χ4n) is 2.93. The Morgan fingerprint density at radius 2 is 1.91 bits per heavy atom. The molecule has 1 saturated carbocycles. The summed E-state index contributed by atoms with van der Waals surface area (Å²) in [5.41, 5.74) is 0. The Bertz CT molecular complexity index is 674. The average Bonchev–Trinajstić information content (AvgIpc) is 3.24. The molecule has 0 aromatic carbocycles. The lowest BCUT2D eigenvalue weighted by atomic mass is 10.2. The van der Waals surface area contributed by atoms with Gasteiger partial charge in [-0.1, -0.05) is 0 Å². The SMILES string of the molecule is O=C(CC1CC1)N1CCN(c2cc(-n3ccnc3)ncn2)CC1. The van der Waals surface area contributed by atoms with Crippen molar-refractivity contribution in [3.05, 3.63) is 31.1 Å². The fraction of sp³-hybridized carbons (Fsp3) is 0.500.